The van der Waals surface area contributed by atoms with Crippen molar-refractivity contribution in [2.45, 2.75) is 33.2 Å². The Morgan fingerprint density at radius 1 is 1.11 bits per heavy atom. The number of phenols is 2. The molecular weight excluding hydrogens is 242 g/mol. The fourth-order valence-corrected chi connectivity index (χ4v) is 1.86. The van der Waals surface area contributed by atoms with E-state index in [0.717, 1.165) is 13.0 Å². The molecule has 0 fully saturated rings. The smallest absolute Gasteiger partial charge is 0.124 e. The van der Waals surface area contributed by atoms with Gasteiger partial charge in [0, 0.05) is 19.2 Å². The summed E-state index contributed by atoms with van der Waals surface area (Å²) in [5, 5.41) is 22.7. The molecular formula is C15H25NO3. The minimum absolute atomic E-state index is 0.112. The second kappa shape index (κ2) is 8.02. The highest BCUT2D eigenvalue weighted by Gasteiger charge is 2.13. The second-order valence-electron chi connectivity index (χ2n) is 5.18. The molecule has 0 saturated carbocycles. The molecule has 0 aliphatic carbocycles. The predicted octanol–water partition coefficient (Wildman–Crippen LogP) is 2.81. The number of rotatable bonds is 8. The third kappa shape index (κ3) is 5.49. The molecule has 1 atom stereocenters. The summed E-state index contributed by atoms with van der Waals surface area (Å²) in [7, 11) is 0. The number of benzene rings is 1. The van der Waals surface area contributed by atoms with Gasteiger partial charge in [-0.25, -0.2) is 0 Å². The lowest BCUT2D eigenvalue weighted by Gasteiger charge is -2.17. The van der Waals surface area contributed by atoms with E-state index in [-0.39, 0.29) is 17.5 Å². The highest BCUT2D eigenvalue weighted by atomic mass is 16.5. The number of hydrogen-bond acceptors (Lipinski definition) is 4. The highest BCUT2D eigenvalue weighted by molar-refractivity contribution is 5.44. The number of nitrogens with one attached hydrogen (secondary N) is 1. The van der Waals surface area contributed by atoms with Gasteiger partial charge in [0.05, 0.1) is 12.2 Å². The number of ether oxygens (including phenoxy) is 1. The van der Waals surface area contributed by atoms with Gasteiger partial charge < -0.3 is 20.3 Å². The average Bonchev–Trinajstić information content (AvgIpc) is 2.33. The first-order valence-electron chi connectivity index (χ1n) is 6.84. The van der Waals surface area contributed by atoms with Crippen molar-refractivity contribution in [1.29, 1.82) is 0 Å². The van der Waals surface area contributed by atoms with Gasteiger partial charge in [-0.2, -0.15) is 0 Å². The molecule has 1 aromatic carbocycles. The summed E-state index contributed by atoms with van der Waals surface area (Å²) >= 11 is 0. The molecule has 0 aromatic heterocycles. The summed E-state index contributed by atoms with van der Waals surface area (Å²) in [5.41, 5.74) is 0.532. The van der Waals surface area contributed by atoms with Crippen molar-refractivity contribution in [3.63, 3.8) is 0 Å². The molecule has 0 aliphatic heterocycles. The Balaban J connectivity index is 2.30. The molecule has 4 heteroatoms. The van der Waals surface area contributed by atoms with Gasteiger partial charge in [-0.05, 0) is 31.4 Å². The second-order valence-corrected chi connectivity index (χ2v) is 5.18. The van der Waals surface area contributed by atoms with Gasteiger partial charge >= 0.3 is 0 Å². The van der Waals surface area contributed by atoms with Crippen LogP contribution in [0, 0.1) is 5.92 Å². The first-order valence-corrected chi connectivity index (χ1v) is 6.84. The molecule has 0 radical (unpaired) electrons. The molecule has 0 spiro atoms. The van der Waals surface area contributed by atoms with E-state index in [1.165, 1.54) is 0 Å². The van der Waals surface area contributed by atoms with Crippen molar-refractivity contribution in [3.8, 4) is 11.5 Å². The lowest BCUT2D eigenvalue weighted by Crippen LogP contribution is -2.23. The standard InChI is InChI=1S/C15H25NO3/c1-11(2)7-9-19-10-8-16-12(3)15-13(17)5-4-6-14(15)18/h4-6,11-12,16-18H,7-10H2,1-3H3. The monoisotopic (exact) mass is 267 g/mol. The Morgan fingerprint density at radius 2 is 1.74 bits per heavy atom. The van der Waals surface area contributed by atoms with Gasteiger partial charge in [0.2, 0.25) is 0 Å². The summed E-state index contributed by atoms with van der Waals surface area (Å²) in [6.45, 7) is 8.34. The molecule has 0 heterocycles. The average molecular weight is 267 g/mol. The minimum atomic E-state index is -0.116. The van der Waals surface area contributed by atoms with E-state index in [0.29, 0.717) is 24.6 Å². The van der Waals surface area contributed by atoms with Crippen molar-refractivity contribution < 1.29 is 14.9 Å². The van der Waals surface area contributed by atoms with E-state index < -0.39 is 0 Å². The normalized spacial score (nSPS) is 12.8. The fourth-order valence-electron chi connectivity index (χ4n) is 1.86. The Labute approximate surface area is 115 Å². The van der Waals surface area contributed by atoms with Gasteiger partial charge in [-0.15, -0.1) is 0 Å². The van der Waals surface area contributed by atoms with E-state index in [2.05, 4.69) is 19.2 Å². The third-order valence-electron chi connectivity index (χ3n) is 3.03. The van der Waals surface area contributed by atoms with Crippen LogP contribution in [0.3, 0.4) is 0 Å². The summed E-state index contributed by atoms with van der Waals surface area (Å²) in [4.78, 5) is 0. The maximum atomic E-state index is 9.73. The van der Waals surface area contributed by atoms with Crippen LogP contribution < -0.4 is 5.32 Å². The van der Waals surface area contributed by atoms with Crippen LogP contribution in [0.25, 0.3) is 0 Å². The van der Waals surface area contributed by atoms with Crippen LogP contribution in [-0.4, -0.2) is 30.0 Å². The first kappa shape index (κ1) is 15.8. The van der Waals surface area contributed by atoms with Gasteiger partial charge in [0.1, 0.15) is 11.5 Å². The summed E-state index contributed by atoms with van der Waals surface area (Å²) in [5.74, 6) is 0.881. The van der Waals surface area contributed by atoms with Gasteiger partial charge in [0.25, 0.3) is 0 Å². The molecule has 3 N–H and O–H groups in total. The van der Waals surface area contributed by atoms with Crippen LogP contribution in [0.5, 0.6) is 11.5 Å². The van der Waals surface area contributed by atoms with Crippen LogP contribution in [-0.2, 0) is 4.74 Å². The molecule has 4 nitrogen and oxygen atoms in total. The van der Waals surface area contributed by atoms with Gasteiger partial charge in [0.15, 0.2) is 0 Å². The van der Waals surface area contributed by atoms with Crippen molar-refractivity contribution in [2.75, 3.05) is 19.8 Å². The van der Waals surface area contributed by atoms with E-state index >= 15 is 0 Å². The molecule has 1 aromatic rings. The highest BCUT2D eigenvalue weighted by Crippen LogP contribution is 2.31. The zero-order valence-corrected chi connectivity index (χ0v) is 12.0. The molecule has 108 valence electrons. The maximum Gasteiger partial charge on any atom is 0.124 e. The van der Waals surface area contributed by atoms with Crippen LogP contribution in [0.2, 0.25) is 0 Å². The van der Waals surface area contributed by atoms with Crippen LogP contribution in [0.4, 0.5) is 0 Å². The van der Waals surface area contributed by atoms with Crippen LogP contribution in [0.15, 0.2) is 18.2 Å². The molecule has 19 heavy (non-hydrogen) atoms. The van der Waals surface area contributed by atoms with E-state index in [1.54, 1.807) is 18.2 Å². The van der Waals surface area contributed by atoms with Crippen molar-refractivity contribution in [1.82, 2.24) is 5.32 Å². The summed E-state index contributed by atoms with van der Waals surface area (Å²) < 4.78 is 5.50. The topological polar surface area (TPSA) is 61.7 Å². The van der Waals surface area contributed by atoms with Crippen LogP contribution >= 0.6 is 0 Å². The lowest BCUT2D eigenvalue weighted by atomic mass is 10.1. The third-order valence-corrected chi connectivity index (χ3v) is 3.03. The van der Waals surface area contributed by atoms with Crippen LogP contribution in [0.1, 0.15) is 38.8 Å². The van der Waals surface area contributed by atoms with E-state index in [4.69, 9.17) is 4.74 Å². The fraction of sp³-hybridized carbons (Fsp3) is 0.600. The lowest BCUT2D eigenvalue weighted by molar-refractivity contribution is 0.123. The van der Waals surface area contributed by atoms with Crippen molar-refractivity contribution in [2.24, 2.45) is 5.92 Å². The van der Waals surface area contributed by atoms with Crippen molar-refractivity contribution in [3.05, 3.63) is 23.8 Å². The zero-order valence-electron chi connectivity index (χ0n) is 12.0. The molecule has 0 aliphatic rings. The molecule has 0 bridgehead atoms. The Bertz CT molecular complexity index is 359. The molecule has 1 rings (SSSR count). The summed E-state index contributed by atoms with van der Waals surface area (Å²) in [6, 6.07) is 4.66. The quantitative estimate of drug-likeness (QED) is 0.634. The first-order chi connectivity index (χ1) is 9.02. The largest absolute Gasteiger partial charge is 0.507 e. The van der Waals surface area contributed by atoms with E-state index in [1.807, 2.05) is 6.92 Å². The predicted molar refractivity (Wildman–Crippen MR) is 76.5 cm³/mol. The zero-order chi connectivity index (χ0) is 14.3. The Morgan fingerprint density at radius 3 is 2.32 bits per heavy atom. The Hall–Kier alpha value is -1.26. The number of phenolic OH excluding ortho intramolecular Hbond substituents is 2. The molecule has 1 unspecified atom stereocenters. The maximum absolute atomic E-state index is 9.73. The number of hydrogen-bond donors (Lipinski definition) is 3. The van der Waals surface area contributed by atoms with E-state index in [9.17, 15) is 10.2 Å². The van der Waals surface area contributed by atoms with Crippen molar-refractivity contribution >= 4 is 0 Å². The number of aromatic hydroxyl groups is 2. The molecule has 0 saturated heterocycles. The summed E-state index contributed by atoms with van der Waals surface area (Å²) in [6.07, 6.45) is 1.07. The molecule has 0 amide bonds. The van der Waals surface area contributed by atoms with Gasteiger partial charge in [-0.1, -0.05) is 19.9 Å². The Kier molecular flexibility index (Phi) is 6.67. The minimum Gasteiger partial charge on any atom is -0.507 e. The van der Waals surface area contributed by atoms with Gasteiger partial charge in [-0.3, -0.25) is 0 Å². The SMILES string of the molecule is CC(C)CCOCCNC(C)c1c(O)cccc1O.